The molecule has 0 amide bonds. The largest absolute Gasteiger partial charge is 0.264 e. The van der Waals surface area contributed by atoms with E-state index in [1.165, 1.54) is 22.3 Å². The van der Waals surface area contributed by atoms with E-state index in [0.29, 0.717) is 35.5 Å². The van der Waals surface area contributed by atoms with Crippen LogP contribution < -0.4 is 0 Å². The Morgan fingerprint density at radius 2 is 0.682 bits per heavy atom. The second-order valence-corrected chi connectivity index (χ2v) is 14.2. The van der Waals surface area contributed by atoms with Crippen LogP contribution in [-0.2, 0) is 0 Å². The van der Waals surface area contributed by atoms with Gasteiger partial charge in [0.1, 0.15) is 12.7 Å². The molecule has 66 heavy (non-hydrogen) atoms. The van der Waals surface area contributed by atoms with Crippen LogP contribution in [0.5, 0.6) is 0 Å². The zero-order valence-corrected chi connectivity index (χ0v) is 46.6. The van der Waals surface area contributed by atoms with Gasteiger partial charge in [-0.2, -0.15) is 10.2 Å². The molecule has 6 aromatic rings. The third kappa shape index (κ3) is 43.9. The molecule has 0 fully saturated rings. The van der Waals surface area contributed by atoms with Crippen molar-refractivity contribution in [3.63, 3.8) is 0 Å². The summed E-state index contributed by atoms with van der Waals surface area (Å²) >= 11 is 0. The first-order valence-corrected chi connectivity index (χ1v) is 24.8. The molecule has 0 N–H and O–H groups in total. The van der Waals surface area contributed by atoms with E-state index in [9.17, 15) is 0 Å². The highest BCUT2D eigenvalue weighted by molar-refractivity contribution is 5.13. The molecule has 0 aliphatic carbocycles. The number of pyridine rings is 3. The number of hydrogen-bond donors (Lipinski definition) is 0. The van der Waals surface area contributed by atoms with E-state index in [-0.39, 0.29) is 0 Å². The van der Waals surface area contributed by atoms with Gasteiger partial charge in [-0.3, -0.25) is 15.0 Å². The van der Waals surface area contributed by atoms with Crippen molar-refractivity contribution < 1.29 is 0 Å². The summed E-state index contributed by atoms with van der Waals surface area (Å²) in [4.78, 5) is 27.9. The van der Waals surface area contributed by atoms with Crippen LogP contribution in [0.3, 0.4) is 0 Å². The monoisotopic (exact) mass is 910 g/mol. The van der Waals surface area contributed by atoms with E-state index in [4.69, 9.17) is 0 Å². The van der Waals surface area contributed by atoms with Gasteiger partial charge in [-0.15, -0.1) is 0 Å². The Hall–Kier alpha value is -5.31. The van der Waals surface area contributed by atoms with Crippen molar-refractivity contribution in [1.82, 2.24) is 45.1 Å². The van der Waals surface area contributed by atoms with Gasteiger partial charge in [0, 0.05) is 67.2 Å². The molecule has 9 nitrogen and oxygen atoms in total. The maximum absolute atomic E-state index is 4.18. The highest BCUT2D eigenvalue weighted by Gasteiger charge is 1.98. The minimum atomic E-state index is 0.507. The van der Waals surface area contributed by atoms with Gasteiger partial charge in [-0.25, -0.2) is 19.9 Å². The molecule has 9 heteroatoms. The van der Waals surface area contributed by atoms with Crippen molar-refractivity contribution in [2.75, 3.05) is 0 Å². The maximum atomic E-state index is 4.18. The molecule has 6 heterocycles. The lowest BCUT2D eigenvalue weighted by atomic mass is 10.1. The van der Waals surface area contributed by atoms with Crippen molar-refractivity contribution in [3.05, 3.63) is 163 Å². The van der Waals surface area contributed by atoms with Gasteiger partial charge in [0.05, 0.1) is 6.20 Å². The zero-order valence-electron chi connectivity index (χ0n) is 46.6. The first kappa shape index (κ1) is 72.3. The average molecular weight is 910 g/mol. The Morgan fingerprint density at radius 1 is 0.273 bits per heavy atom. The van der Waals surface area contributed by atoms with E-state index in [2.05, 4.69) is 140 Å². The second kappa shape index (κ2) is 55.8. The lowest BCUT2D eigenvalue weighted by molar-refractivity contribution is 0.814. The van der Waals surface area contributed by atoms with E-state index in [1.54, 1.807) is 43.6 Å². The van der Waals surface area contributed by atoms with Gasteiger partial charge in [0.25, 0.3) is 0 Å². The van der Waals surface area contributed by atoms with Crippen LogP contribution in [-0.4, -0.2) is 45.1 Å². The fourth-order valence-corrected chi connectivity index (χ4v) is 4.05. The van der Waals surface area contributed by atoms with Gasteiger partial charge in [0.2, 0.25) is 0 Å². The maximum Gasteiger partial charge on any atom is 0.115 e. The lowest BCUT2D eigenvalue weighted by Gasteiger charge is -2.00. The fraction of sp³-hybridized carbons (Fsp3) is 0.526. The zero-order chi connectivity index (χ0) is 52.1. The van der Waals surface area contributed by atoms with Crippen LogP contribution in [0.25, 0.3) is 0 Å². The molecule has 372 valence electrons. The van der Waals surface area contributed by atoms with Crippen LogP contribution in [0.15, 0.2) is 129 Å². The van der Waals surface area contributed by atoms with Gasteiger partial charge in [-0.05, 0) is 94.2 Å². The molecule has 0 radical (unpaired) electrons. The Kier molecular flexibility index (Phi) is 61.1. The van der Waals surface area contributed by atoms with Crippen LogP contribution in [0, 0.1) is 0 Å². The summed E-state index contributed by atoms with van der Waals surface area (Å²) in [6, 6.07) is 18.0. The van der Waals surface area contributed by atoms with Crippen LogP contribution in [0.1, 0.15) is 235 Å². The number of aromatic nitrogens is 9. The number of rotatable bonds is 6. The molecule has 0 spiro atoms. The van der Waals surface area contributed by atoms with Crippen LogP contribution >= 0.6 is 0 Å². The van der Waals surface area contributed by atoms with Gasteiger partial charge in [-0.1, -0.05) is 184 Å². The third-order valence-corrected chi connectivity index (χ3v) is 7.70. The van der Waals surface area contributed by atoms with E-state index in [1.807, 2.05) is 157 Å². The van der Waals surface area contributed by atoms with Crippen molar-refractivity contribution in [1.29, 1.82) is 0 Å². The smallest absolute Gasteiger partial charge is 0.115 e. The minimum absolute atomic E-state index is 0.507. The van der Waals surface area contributed by atoms with E-state index < -0.39 is 0 Å². The Morgan fingerprint density at radius 3 is 0.909 bits per heavy atom. The summed E-state index contributed by atoms with van der Waals surface area (Å²) < 4.78 is 0. The molecular weight excluding hydrogens is 811 g/mol. The lowest BCUT2D eigenvalue weighted by Crippen LogP contribution is -1.90. The average Bonchev–Trinajstić information content (AvgIpc) is 3.40. The number of nitrogens with zero attached hydrogens (tertiary/aromatic N) is 9. The quantitative estimate of drug-likeness (QED) is 0.161. The predicted molar refractivity (Wildman–Crippen MR) is 291 cm³/mol. The molecule has 0 saturated heterocycles. The van der Waals surface area contributed by atoms with Crippen molar-refractivity contribution in [3.8, 4) is 0 Å². The Balaban J connectivity index is -0.000000156. The summed E-state index contributed by atoms with van der Waals surface area (Å²) in [5.41, 5.74) is 7.31. The molecule has 0 unspecified atom stereocenters. The molecule has 0 atom stereocenters. The predicted octanol–water partition coefficient (Wildman–Crippen LogP) is 17.6. The molecule has 6 aromatic heterocycles. The summed E-state index contributed by atoms with van der Waals surface area (Å²) in [6.45, 7) is 49.7. The van der Waals surface area contributed by atoms with Crippen molar-refractivity contribution >= 4 is 0 Å². The SMILES string of the molecule is CC.CC.CC.CC.CC.CC.CC(C)c1ccccn1.CC(C)c1cccnc1.CC(C)c1cccnc1.CC(C)c1ccncn1.CC(C)c1ccnnc1.CC(C)c1cncnc1. The molecule has 0 saturated carbocycles. The van der Waals surface area contributed by atoms with Gasteiger partial charge in [0.15, 0.2) is 0 Å². The van der Waals surface area contributed by atoms with Crippen LogP contribution in [0.2, 0.25) is 0 Å². The molecule has 0 aliphatic rings. The minimum Gasteiger partial charge on any atom is -0.264 e. The van der Waals surface area contributed by atoms with Gasteiger partial charge >= 0.3 is 0 Å². The first-order chi connectivity index (χ1) is 31.8. The molecular formula is C57H99N9. The first-order valence-electron chi connectivity index (χ1n) is 24.8. The van der Waals surface area contributed by atoms with Crippen molar-refractivity contribution in [2.24, 2.45) is 0 Å². The summed E-state index contributed by atoms with van der Waals surface area (Å²) in [7, 11) is 0. The highest BCUT2D eigenvalue weighted by atomic mass is 15.1. The summed E-state index contributed by atoms with van der Waals surface area (Å²) in [6.07, 6.45) is 21.3. The van der Waals surface area contributed by atoms with E-state index in [0.717, 1.165) is 11.4 Å². The van der Waals surface area contributed by atoms with Crippen LogP contribution in [0.4, 0.5) is 0 Å². The normalized spacial score (nSPS) is 8.82. The molecule has 0 bridgehead atoms. The molecule has 0 aliphatic heterocycles. The Bertz CT molecular complexity index is 1350. The molecule has 6 rings (SSSR count). The summed E-state index contributed by atoms with van der Waals surface area (Å²) in [5, 5.41) is 7.43. The topological polar surface area (TPSA) is 116 Å². The van der Waals surface area contributed by atoms with Gasteiger partial charge < -0.3 is 0 Å². The Labute approximate surface area is 408 Å². The standard InChI is InChI=1S/3C8H11N.3C7H10N2.6C2H6/c2*1-7(2)8-4-3-5-9-6-8;1-7(2)8-5-3-4-6-9-8;1-6(2)7-3-8-5-9-4-7;1-6(2)7-3-4-8-5-9-7;1-6(2)7-3-4-8-9-5-7;6*1-2/h3*3-7H,1-2H3;3*3-6H,1-2H3;6*1-2H3. The third-order valence-electron chi connectivity index (χ3n) is 7.70. The van der Waals surface area contributed by atoms with E-state index >= 15 is 0 Å². The highest BCUT2D eigenvalue weighted by Crippen LogP contribution is 2.13. The summed E-state index contributed by atoms with van der Waals surface area (Å²) in [5.74, 6) is 3.34. The van der Waals surface area contributed by atoms with Crippen molar-refractivity contribution in [2.45, 2.75) is 202 Å². The molecule has 0 aromatic carbocycles. The fourth-order valence-electron chi connectivity index (χ4n) is 4.05. The number of hydrogen-bond acceptors (Lipinski definition) is 9. The second-order valence-electron chi connectivity index (χ2n) is 14.2.